The molecule has 1 N–H and O–H groups in total. The molecule has 0 heterocycles. The Hall–Kier alpha value is -1.25. The Labute approximate surface area is 269 Å². The van der Waals surface area contributed by atoms with E-state index in [1.54, 1.807) is 0 Å². The number of phosphoric acid groups is 1. The van der Waals surface area contributed by atoms with Crippen molar-refractivity contribution < 1.29 is 42.1 Å². The molecule has 9 nitrogen and oxygen atoms in total. The lowest BCUT2D eigenvalue weighted by molar-refractivity contribution is -0.870. The molecule has 0 aromatic heterocycles. The number of quaternary nitrogens is 1. The first-order chi connectivity index (χ1) is 20.9. The van der Waals surface area contributed by atoms with E-state index >= 15 is 0 Å². The summed E-state index contributed by atoms with van der Waals surface area (Å²) < 4.78 is 34.1. The summed E-state index contributed by atoms with van der Waals surface area (Å²) in [6.07, 6.45) is 22.4. The first kappa shape index (κ1) is 42.8. The molecule has 3 atom stereocenters. The number of ether oxygens (including phenoxy) is 2. The van der Waals surface area contributed by atoms with Crippen LogP contribution in [0.25, 0.3) is 0 Å². The zero-order valence-corrected chi connectivity index (χ0v) is 30.0. The van der Waals surface area contributed by atoms with Crippen molar-refractivity contribution in [1.29, 1.82) is 0 Å². The first-order valence-electron chi connectivity index (χ1n) is 17.4. The van der Waals surface area contributed by atoms with Crippen molar-refractivity contribution in [3.63, 3.8) is 0 Å². The fraction of sp³-hybridized carbons (Fsp3) is 0.882. The van der Waals surface area contributed by atoms with E-state index in [0.29, 0.717) is 23.9 Å². The van der Waals surface area contributed by atoms with Gasteiger partial charge in [0.15, 0.2) is 6.10 Å². The Kier molecular flexibility index (Phi) is 26.2. The maximum Gasteiger partial charge on any atom is 0.472 e. The Morgan fingerprint density at radius 2 is 1.34 bits per heavy atom. The van der Waals surface area contributed by atoms with Gasteiger partial charge in [0.2, 0.25) is 0 Å². The number of nitrogens with zero attached hydrogens (tertiary/aromatic N) is 1. The second-order valence-corrected chi connectivity index (χ2v) is 14.4. The van der Waals surface area contributed by atoms with Crippen molar-refractivity contribution in [3.05, 3.63) is 12.2 Å². The summed E-state index contributed by atoms with van der Waals surface area (Å²) in [6, 6.07) is 0. The summed E-state index contributed by atoms with van der Waals surface area (Å²) in [6.45, 7) is 6.12. The minimum atomic E-state index is -4.36. The van der Waals surface area contributed by atoms with Gasteiger partial charge in [-0.1, -0.05) is 97.1 Å². The molecule has 260 valence electrons. The summed E-state index contributed by atoms with van der Waals surface area (Å²) in [5.74, 6) is -1.08. The number of rotatable bonds is 30. The SMILES string of the molecule is CCCCCCCC/C=C\CCCCCCCC(=O)OC[C@H](COP(=O)(O)OCC[N+](C)(C)C)OC(=O)C(CC)CCCC. The zero-order valence-electron chi connectivity index (χ0n) is 29.1. The van der Waals surface area contributed by atoms with Crippen LogP contribution in [0, 0.1) is 5.92 Å². The molecule has 0 rings (SSSR count). The van der Waals surface area contributed by atoms with Crippen LogP contribution in [-0.4, -0.2) is 74.9 Å². The summed E-state index contributed by atoms with van der Waals surface area (Å²) in [7, 11) is 1.46. The van der Waals surface area contributed by atoms with Gasteiger partial charge in [0, 0.05) is 6.42 Å². The summed E-state index contributed by atoms with van der Waals surface area (Å²) in [5.41, 5.74) is 0. The van der Waals surface area contributed by atoms with Gasteiger partial charge >= 0.3 is 19.8 Å². The van der Waals surface area contributed by atoms with Gasteiger partial charge in [-0.05, 0) is 44.9 Å². The van der Waals surface area contributed by atoms with Crippen LogP contribution in [-0.2, 0) is 32.7 Å². The Morgan fingerprint density at radius 1 is 0.773 bits per heavy atom. The van der Waals surface area contributed by atoms with Gasteiger partial charge in [-0.25, -0.2) is 4.57 Å². The van der Waals surface area contributed by atoms with Crippen molar-refractivity contribution in [2.24, 2.45) is 5.92 Å². The Bertz CT molecular complexity index is 799. The molecule has 2 unspecified atom stereocenters. The molecule has 0 saturated heterocycles. The molecule has 0 amide bonds. The second kappa shape index (κ2) is 26.9. The van der Waals surface area contributed by atoms with E-state index in [4.69, 9.17) is 18.5 Å². The molecule has 0 aromatic rings. The van der Waals surface area contributed by atoms with Crippen LogP contribution in [0.1, 0.15) is 136 Å². The average Bonchev–Trinajstić information content (AvgIpc) is 2.96. The van der Waals surface area contributed by atoms with Gasteiger partial charge in [0.05, 0.1) is 33.7 Å². The highest BCUT2D eigenvalue weighted by molar-refractivity contribution is 7.47. The zero-order chi connectivity index (χ0) is 33.1. The fourth-order valence-corrected chi connectivity index (χ4v) is 5.30. The molecule has 0 aliphatic rings. The lowest BCUT2D eigenvalue weighted by Gasteiger charge is -2.25. The number of hydrogen-bond donors (Lipinski definition) is 1. The number of allylic oxidation sites excluding steroid dienone is 2. The molecule has 44 heavy (non-hydrogen) atoms. The Balaban J connectivity index is 4.45. The number of hydrogen-bond acceptors (Lipinski definition) is 7. The average molecular weight is 649 g/mol. The van der Waals surface area contributed by atoms with Crippen LogP contribution < -0.4 is 0 Å². The highest BCUT2D eigenvalue weighted by atomic mass is 31.2. The van der Waals surface area contributed by atoms with Crippen LogP contribution in [0.5, 0.6) is 0 Å². The largest absolute Gasteiger partial charge is 0.472 e. The van der Waals surface area contributed by atoms with Gasteiger partial charge in [0.25, 0.3) is 0 Å². The lowest BCUT2D eigenvalue weighted by Crippen LogP contribution is -2.37. The normalized spacial score (nSPS) is 14.8. The standard InChI is InChI=1S/C34H66NO8P/c1-7-10-12-13-14-15-16-17-18-19-20-21-22-23-24-26-33(36)40-29-32(43-34(37)31(9-3)25-11-8-2)30-42-44(38,39)41-28-27-35(4,5)6/h17-18,31-32H,7-16,19-30H2,1-6H3/p+1/b18-17-/t31?,32-/m1/s1. The van der Waals surface area contributed by atoms with E-state index in [1.807, 2.05) is 28.1 Å². The fourth-order valence-electron chi connectivity index (χ4n) is 4.56. The monoisotopic (exact) mass is 648 g/mol. The predicted octanol–water partition coefficient (Wildman–Crippen LogP) is 8.54. The molecule has 0 fully saturated rings. The topological polar surface area (TPSA) is 108 Å². The van der Waals surface area contributed by atoms with E-state index in [9.17, 15) is 19.0 Å². The highest BCUT2D eigenvalue weighted by Crippen LogP contribution is 2.43. The van der Waals surface area contributed by atoms with Crippen molar-refractivity contribution in [1.82, 2.24) is 0 Å². The van der Waals surface area contributed by atoms with Gasteiger partial charge in [-0.2, -0.15) is 0 Å². The van der Waals surface area contributed by atoms with E-state index in [0.717, 1.165) is 51.4 Å². The van der Waals surface area contributed by atoms with Crippen molar-refractivity contribution >= 4 is 19.8 Å². The van der Waals surface area contributed by atoms with Crippen molar-refractivity contribution in [2.45, 2.75) is 142 Å². The third-order valence-corrected chi connectivity index (χ3v) is 8.51. The quantitative estimate of drug-likeness (QED) is 0.0271. The maximum absolute atomic E-state index is 12.8. The van der Waals surface area contributed by atoms with E-state index in [-0.39, 0.29) is 31.5 Å². The summed E-state index contributed by atoms with van der Waals surface area (Å²) in [4.78, 5) is 35.3. The molecular formula is C34H67NO8P+. The lowest BCUT2D eigenvalue weighted by atomic mass is 10.00. The van der Waals surface area contributed by atoms with Crippen LogP contribution in [0.3, 0.4) is 0 Å². The molecule has 0 aromatic carbocycles. The molecule has 10 heteroatoms. The molecule has 0 spiro atoms. The molecule has 0 aliphatic carbocycles. The van der Waals surface area contributed by atoms with E-state index in [2.05, 4.69) is 26.0 Å². The molecule has 0 radical (unpaired) electrons. The molecular weight excluding hydrogens is 581 g/mol. The molecule has 0 aliphatic heterocycles. The van der Waals surface area contributed by atoms with Gasteiger partial charge in [-0.15, -0.1) is 0 Å². The number of carbonyl (C=O) groups is 2. The smallest absolute Gasteiger partial charge is 0.462 e. The van der Waals surface area contributed by atoms with E-state index < -0.39 is 26.5 Å². The van der Waals surface area contributed by atoms with Crippen molar-refractivity contribution in [2.75, 3.05) is 47.5 Å². The predicted molar refractivity (Wildman–Crippen MR) is 178 cm³/mol. The molecule has 0 bridgehead atoms. The van der Waals surface area contributed by atoms with Crippen LogP contribution in [0.2, 0.25) is 0 Å². The molecule has 0 saturated carbocycles. The van der Waals surface area contributed by atoms with Crippen LogP contribution in [0.15, 0.2) is 12.2 Å². The number of likely N-dealkylation sites (N-methyl/N-ethyl adjacent to an activating group) is 1. The van der Waals surface area contributed by atoms with Gasteiger partial charge in [-0.3, -0.25) is 18.6 Å². The summed E-state index contributed by atoms with van der Waals surface area (Å²) >= 11 is 0. The minimum absolute atomic E-state index is 0.0294. The third kappa shape index (κ3) is 27.1. The van der Waals surface area contributed by atoms with Gasteiger partial charge < -0.3 is 18.9 Å². The number of phosphoric ester groups is 1. The number of carbonyl (C=O) groups excluding carboxylic acids is 2. The number of esters is 2. The maximum atomic E-state index is 12.8. The van der Waals surface area contributed by atoms with Gasteiger partial charge in [0.1, 0.15) is 19.8 Å². The Morgan fingerprint density at radius 3 is 1.91 bits per heavy atom. The number of unbranched alkanes of at least 4 members (excludes halogenated alkanes) is 12. The van der Waals surface area contributed by atoms with Crippen LogP contribution in [0.4, 0.5) is 0 Å². The van der Waals surface area contributed by atoms with Crippen molar-refractivity contribution in [3.8, 4) is 0 Å². The first-order valence-corrected chi connectivity index (χ1v) is 18.9. The second-order valence-electron chi connectivity index (χ2n) is 12.9. The van der Waals surface area contributed by atoms with Crippen LogP contribution >= 0.6 is 7.82 Å². The third-order valence-electron chi connectivity index (χ3n) is 7.53. The summed E-state index contributed by atoms with van der Waals surface area (Å²) in [5, 5.41) is 0. The van der Waals surface area contributed by atoms with E-state index in [1.165, 1.54) is 44.9 Å². The highest BCUT2D eigenvalue weighted by Gasteiger charge is 2.28. The minimum Gasteiger partial charge on any atom is -0.462 e.